The minimum absolute atomic E-state index is 0.00949. The van der Waals surface area contributed by atoms with Crippen molar-refractivity contribution in [3.05, 3.63) is 5.01 Å². The molecule has 1 aliphatic heterocycles. The van der Waals surface area contributed by atoms with Crippen LogP contribution in [-0.4, -0.2) is 48.6 Å². The van der Waals surface area contributed by atoms with Gasteiger partial charge in [-0.25, -0.2) is 8.42 Å². The third-order valence-electron chi connectivity index (χ3n) is 2.51. The van der Waals surface area contributed by atoms with Crippen LogP contribution in [0, 0.1) is 6.92 Å². The lowest BCUT2D eigenvalue weighted by Gasteiger charge is -2.22. The number of rotatable bonds is 3. The number of carbonyl (C=O) groups is 1. The number of anilines is 1. The van der Waals surface area contributed by atoms with Crippen LogP contribution in [0.4, 0.5) is 5.13 Å². The Hall–Kier alpha value is -1.06. The Morgan fingerprint density at radius 3 is 2.94 bits per heavy atom. The van der Waals surface area contributed by atoms with Crippen molar-refractivity contribution in [2.45, 2.75) is 19.4 Å². The van der Waals surface area contributed by atoms with Crippen LogP contribution in [0.1, 0.15) is 11.4 Å². The molecule has 0 saturated carbocycles. The Balaban J connectivity index is 1.88. The summed E-state index contributed by atoms with van der Waals surface area (Å²) < 4.78 is 22.8. The van der Waals surface area contributed by atoms with E-state index in [-0.39, 0.29) is 29.9 Å². The van der Waals surface area contributed by atoms with Crippen LogP contribution >= 0.6 is 11.3 Å². The smallest absolute Gasteiger partial charge is 0.227 e. The van der Waals surface area contributed by atoms with Gasteiger partial charge in [0.1, 0.15) is 5.01 Å². The molecule has 0 spiro atoms. The molecule has 2 heterocycles. The predicted octanol–water partition coefficient (Wildman–Crippen LogP) is -0.438. The lowest BCUT2D eigenvalue weighted by molar-refractivity contribution is -0.116. The second-order valence-corrected chi connectivity index (χ2v) is 7.55. The van der Waals surface area contributed by atoms with Gasteiger partial charge in [0.15, 0.2) is 9.84 Å². The molecular formula is C9H14N4O3S2. The first-order chi connectivity index (χ1) is 8.44. The molecule has 1 fully saturated rings. The zero-order chi connectivity index (χ0) is 13.2. The lowest BCUT2D eigenvalue weighted by atomic mass is 10.2. The van der Waals surface area contributed by atoms with Crippen LogP contribution in [0.15, 0.2) is 0 Å². The van der Waals surface area contributed by atoms with Gasteiger partial charge in [-0.2, -0.15) is 0 Å². The number of amides is 1. The highest BCUT2D eigenvalue weighted by atomic mass is 32.2. The first kappa shape index (κ1) is 13.4. The molecule has 18 heavy (non-hydrogen) atoms. The van der Waals surface area contributed by atoms with Gasteiger partial charge in [-0.05, 0) is 6.92 Å². The van der Waals surface area contributed by atoms with Crippen molar-refractivity contribution in [3.63, 3.8) is 0 Å². The predicted molar refractivity (Wildman–Crippen MR) is 68.3 cm³/mol. The highest BCUT2D eigenvalue weighted by Gasteiger charge is 2.26. The Morgan fingerprint density at radius 1 is 1.56 bits per heavy atom. The van der Waals surface area contributed by atoms with Crippen LogP contribution in [0.5, 0.6) is 0 Å². The summed E-state index contributed by atoms with van der Waals surface area (Å²) in [7, 11) is -3.01. The molecule has 2 rings (SSSR count). The quantitative estimate of drug-likeness (QED) is 0.783. The zero-order valence-corrected chi connectivity index (χ0v) is 11.5. The highest BCUT2D eigenvalue weighted by Crippen LogP contribution is 2.14. The fraction of sp³-hybridized carbons (Fsp3) is 0.667. The molecule has 1 unspecified atom stereocenters. The number of hydrogen-bond donors (Lipinski definition) is 2. The van der Waals surface area contributed by atoms with Crippen LogP contribution in [0.2, 0.25) is 0 Å². The molecule has 0 aromatic carbocycles. The van der Waals surface area contributed by atoms with E-state index in [1.807, 2.05) is 0 Å². The van der Waals surface area contributed by atoms with Crippen molar-refractivity contribution in [2.75, 3.05) is 23.4 Å². The van der Waals surface area contributed by atoms with Crippen LogP contribution in [0.25, 0.3) is 0 Å². The van der Waals surface area contributed by atoms with Gasteiger partial charge in [-0.1, -0.05) is 11.3 Å². The summed E-state index contributed by atoms with van der Waals surface area (Å²) in [5.41, 5.74) is 0. The number of nitrogens with one attached hydrogen (secondary N) is 2. The van der Waals surface area contributed by atoms with Crippen LogP contribution < -0.4 is 10.6 Å². The molecular weight excluding hydrogens is 276 g/mol. The highest BCUT2D eigenvalue weighted by molar-refractivity contribution is 7.91. The number of carbonyl (C=O) groups excluding carboxylic acids is 1. The van der Waals surface area contributed by atoms with Gasteiger partial charge >= 0.3 is 0 Å². The fourth-order valence-corrected chi connectivity index (χ4v) is 3.79. The van der Waals surface area contributed by atoms with Crippen LogP contribution in [-0.2, 0) is 14.6 Å². The summed E-state index contributed by atoms with van der Waals surface area (Å²) in [5, 5.41) is 14.4. The van der Waals surface area contributed by atoms with Gasteiger partial charge in [0.2, 0.25) is 11.0 Å². The maximum Gasteiger partial charge on any atom is 0.227 e. The van der Waals surface area contributed by atoms with E-state index in [4.69, 9.17) is 0 Å². The van der Waals surface area contributed by atoms with E-state index in [9.17, 15) is 13.2 Å². The standard InChI is InChI=1S/C9H14N4O3S2/c1-6-12-13-9(17-6)11-8(14)4-7-5-18(15,16)3-2-10-7/h7,10H,2-5H2,1H3,(H,11,13,14). The molecule has 9 heteroatoms. The van der Waals surface area contributed by atoms with Crippen molar-refractivity contribution in [2.24, 2.45) is 0 Å². The Morgan fingerprint density at radius 2 is 2.33 bits per heavy atom. The molecule has 7 nitrogen and oxygen atoms in total. The van der Waals surface area contributed by atoms with Gasteiger partial charge < -0.3 is 10.6 Å². The summed E-state index contributed by atoms with van der Waals surface area (Å²) in [5.74, 6) is -0.100. The third-order valence-corrected chi connectivity index (χ3v) is 5.00. The minimum Gasteiger partial charge on any atom is -0.311 e. The summed E-state index contributed by atoms with van der Waals surface area (Å²) >= 11 is 1.29. The molecule has 1 saturated heterocycles. The normalized spacial score (nSPS) is 22.6. The van der Waals surface area contributed by atoms with Crippen LogP contribution in [0.3, 0.4) is 0 Å². The number of hydrogen-bond acceptors (Lipinski definition) is 7. The minimum atomic E-state index is -3.01. The Bertz CT molecular complexity index is 540. The number of aromatic nitrogens is 2. The monoisotopic (exact) mass is 290 g/mol. The van der Waals surface area contributed by atoms with E-state index < -0.39 is 9.84 Å². The lowest BCUT2D eigenvalue weighted by Crippen LogP contribution is -2.46. The molecule has 1 aliphatic rings. The first-order valence-electron chi connectivity index (χ1n) is 5.48. The molecule has 0 bridgehead atoms. The van der Waals surface area contributed by atoms with Crippen molar-refractivity contribution < 1.29 is 13.2 Å². The molecule has 100 valence electrons. The second-order valence-electron chi connectivity index (χ2n) is 4.14. The molecule has 2 N–H and O–H groups in total. The SMILES string of the molecule is Cc1nnc(NC(=O)CC2CS(=O)(=O)CCN2)s1. The first-order valence-corrected chi connectivity index (χ1v) is 8.12. The van der Waals surface area contributed by atoms with Crippen molar-refractivity contribution in [1.82, 2.24) is 15.5 Å². The van der Waals surface area contributed by atoms with E-state index in [1.54, 1.807) is 6.92 Å². The van der Waals surface area contributed by atoms with E-state index in [1.165, 1.54) is 11.3 Å². The van der Waals surface area contributed by atoms with Gasteiger partial charge in [0.25, 0.3) is 0 Å². The van der Waals surface area contributed by atoms with Crippen molar-refractivity contribution >= 4 is 32.2 Å². The largest absolute Gasteiger partial charge is 0.311 e. The average Bonchev–Trinajstić information content (AvgIpc) is 2.62. The zero-order valence-electron chi connectivity index (χ0n) is 9.84. The van der Waals surface area contributed by atoms with Crippen molar-refractivity contribution in [1.29, 1.82) is 0 Å². The third kappa shape index (κ3) is 3.72. The summed E-state index contributed by atoms with van der Waals surface area (Å²) in [6.45, 7) is 2.20. The van der Waals surface area contributed by atoms with E-state index >= 15 is 0 Å². The summed E-state index contributed by atoms with van der Waals surface area (Å²) in [6.07, 6.45) is 0.123. The van der Waals surface area contributed by atoms with Crippen molar-refractivity contribution in [3.8, 4) is 0 Å². The van der Waals surface area contributed by atoms with Gasteiger partial charge in [0.05, 0.1) is 11.5 Å². The van der Waals surface area contributed by atoms with Gasteiger partial charge in [0, 0.05) is 19.0 Å². The Kier molecular flexibility index (Phi) is 3.93. The molecule has 1 aromatic heterocycles. The second kappa shape index (κ2) is 5.29. The average molecular weight is 290 g/mol. The number of sulfone groups is 1. The van der Waals surface area contributed by atoms with Gasteiger partial charge in [-0.15, -0.1) is 10.2 Å². The van der Waals surface area contributed by atoms with E-state index in [0.29, 0.717) is 11.7 Å². The summed E-state index contributed by atoms with van der Waals surface area (Å²) in [6, 6.07) is -0.322. The Labute approximate surface area is 109 Å². The number of nitrogens with zero attached hydrogens (tertiary/aromatic N) is 2. The van der Waals surface area contributed by atoms with Gasteiger partial charge in [-0.3, -0.25) is 4.79 Å². The van der Waals surface area contributed by atoms with E-state index in [2.05, 4.69) is 20.8 Å². The topological polar surface area (TPSA) is 101 Å². The molecule has 1 amide bonds. The number of aryl methyl sites for hydroxylation is 1. The fourth-order valence-electron chi connectivity index (χ4n) is 1.74. The molecule has 0 radical (unpaired) electrons. The summed E-state index contributed by atoms with van der Waals surface area (Å²) in [4.78, 5) is 11.7. The molecule has 1 atom stereocenters. The maximum absolute atomic E-state index is 11.7. The molecule has 1 aromatic rings. The molecule has 0 aliphatic carbocycles. The maximum atomic E-state index is 11.7. The van der Waals surface area contributed by atoms with E-state index in [0.717, 1.165) is 5.01 Å².